The second-order valence-electron chi connectivity index (χ2n) is 5.51. The van der Waals surface area contributed by atoms with Gasteiger partial charge in [0.2, 0.25) is 10.0 Å². The van der Waals surface area contributed by atoms with E-state index in [0.717, 1.165) is 37.5 Å². The van der Waals surface area contributed by atoms with Crippen molar-refractivity contribution >= 4 is 16.0 Å². The molecule has 0 spiro atoms. The van der Waals surface area contributed by atoms with Crippen molar-refractivity contribution in [1.29, 1.82) is 0 Å². The zero-order valence-corrected chi connectivity index (χ0v) is 16.2. The summed E-state index contributed by atoms with van der Waals surface area (Å²) in [4.78, 5) is 4.75. The highest BCUT2D eigenvalue weighted by Gasteiger charge is 2.13. The third-order valence-corrected chi connectivity index (χ3v) is 4.85. The van der Waals surface area contributed by atoms with Crippen molar-refractivity contribution in [2.45, 2.75) is 38.1 Å². The summed E-state index contributed by atoms with van der Waals surface area (Å²) < 4.78 is 31.9. The monoisotopic (exact) mass is 370 g/mol. The predicted octanol–water partition coefficient (Wildman–Crippen LogP) is 1.47. The molecule has 1 rings (SSSR count). The lowest BCUT2D eigenvalue weighted by Crippen LogP contribution is -2.37. The molecule has 0 amide bonds. The molecule has 0 unspecified atom stereocenters. The Morgan fingerprint density at radius 1 is 1.20 bits per heavy atom. The van der Waals surface area contributed by atoms with E-state index in [0.29, 0.717) is 13.2 Å². The largest absolute Gasteiger partial charge is 0.383 e. The van der Waals surface area contributed by atoms with Gasteiger partial charge in [-0.2, -0.15) is 0 Å². The van der Waals surface area contributed by atoms with Crippen LogP contribution >= 0.6 is 0 Å². The number of sulfonamides is 1. The molecular weight excluding hydrogens is 340 g/mol. The molecule has 0 fully saturated rings. The maximum Gasteiger partial charge on any atom is 0.240 e. The van der Waals surface area contributed by atoms with E-state index in [-0.39, 0.29) is 11.4 Å². The number of aliphatic imine (C=N–C) groups is 1. The standard InChI is InChI=1S/C17H30N4O3S/c1-4-6-10-19-17(18-5-2)20-14-15-8-7-9-16(13-15)25(22,23)21-11-12-24-3/h7-9,13,21H,4-6,10-12,14H2,1-3H3,(H2,18,19,20). The molecule has 0 saturated heterocycles. The van der Waals surface area contributed by atoms with Crippen molar-refractivity contribution in [3.63, 3.8) is 0 Å². The lowest BCUT2D eigenvalue weighted by atomic mass is 10.2. The minimum absolute atomic E-state index is 0.236. The zero-order chi connectivity index (χ0) is 18.5. The number of hydrogen-bond donors (Lipinski definition) is 3. The van der Waals surface area contributed by atoms with Gasteiger partial charge < -0.3 is 15.4 Å². The van der Waals surface area contributed by atoms with E-state index in [1.807, 2.05) is 13.0 Å². The topological polar surface area (TPSA) is 91.8 Å². The predicted molar refractivity (Wildman–Crippen MR) is 101 cm³/mol. The second-order valence-corrected chi connectivity index (χ2v) is 7.28. The average Bonchev–Trinajstić information content (AvgIpc) is 2.60. The Morgan fingerprint density at radius 2 is 2.00 bits per heavy atom. The molecule has 0 atom stereocenters. The molecule has 0 aliphatic heterocycles. The summed E-state index contributed by atoms with van der Waals surface area (Å²) in [6, 6.07) is 6.82. The van der Waals surface area contributed by atoms with Crippen molar-refractivity contribution in [2.24, 2.45) is 4.99 Å². The van der Waals surface area contributed by atoms with E-state index < -0.39 is 10.0 Å². The molecule has 3 N–H and O–H groups in total. The highest BCUT2D eigenvalue weighted by molar-refractivity contribution is 7.89. The van der Waals surface area contributed by atoms with Gasteiger partial charge >= 0.3 is 0 Å². The Kier molecular flexibility index (Phi) is 10.1. The fourth-order valence-electron chi connectivity index (χ4n) is 2.07. The average molecular weight is 371 g/mol. The van der Waals surface area contributed by atoms with Crippen LogP contribution < -0.4 is 15.4 Å². The van der Waals surface area contributed by atoms with E-state index in [2.05, 4.69) is 27.3 Å². The molecule has 25 heavy (non-hydrogen) atoms. The van der Waals surface area contributed by atoms with E-state index in [9.17, 15) is 8.42 Å². The van der Waals surface area contributed by atoms with E-state index in [1.165, 1.54) is 7.11 Å². The highest BCUT2D eigenvalue weighted by atomic mass is 32.2. The van der Waals surface area contributed by atoms with Crippen LogP contribution in [-0.2, 0) is 21.3 Å². The van der Waals surface area contributed by atoms with Gasteiger partial charge in [-0.15, -0.1) is 0 Å². The van der Waals surface area contributed by atoms with Crippen molar-refractivity contribution in [1.82, 2.24) is 15.4 Å². The van der Waals surface area contributed by atoms with Crippen LogP contribution in [0.1, 0.15) is 32.3 Å². The zero-order valence-electron chi connectivity index (χ0n) is 15.3. The number of benzene rings is 1. The van der Waals surface area contributed by atoms with Gasteiger partial charge in [-0.3, -0.25) is 0 Å². The van der Waals surface area contributed by atoms with Crippen LogP contribution in [0.4, 0.5) is 0 Å². The van der Waals surface area contributed by atoms with Crippen LogP contribution in [0.2, 0.25) is 0 Å². The second kappa shape index (κ2) is 11.8. The van der Waals surface area contributed by atoms with Crippen LogP contribution in [0, 0.1) is 0 Å². The van der Waals surface area contributed by atoms with Crippen LogP contribution in [0.15, 0.2) is 34.2 Å². The van der Waals surface area contributed by atoms with Gasteiger partial charge in [0.05, 0.1) is 18.0 Å². The summed E-state index contributed by atoms with van der Waals surface area (Å²) in [5, 5.41) is 6.45. The van der Waals surface area contributed by atoms with Gasteiger partial charge in [0, 0.05) is 26.7 Å². The molecule has 0 heterocycles. The number of unbranched alkanes of at least 4 members (excludes halogenated alkanes) is 1. The molecule has 0 aliphatic carbocycles. The minimum Gasteiger partial charge on any atom is -0.383 e. The summed E-state index contributed by atoms with van der Waals surface area (Å²) >= 11 is 0. The Bertz CT molecular complexity index is 633. The molecule has 142 valence electrons. The number of guanidine groups is 1. The summed E-state index contributed by atoms with van der Waals surface area (Å²) in [5.41, 5.74) is 0.835. The maximum absolute atomic E-state index is 12.2. The molecule has 0 saturated carbocycles. The quantitative estimate of drug-likeness (QED) is 0.312. The summed E-state index contributed by atoms with van der Waals surface area (Å²) in [6.07, 6.45) is 2.19. The van der Waals surface area contributed by atoms with Crippen molar-refractivity contribution in [3.8, 4) is 0 Å². The Balaban J connectivity index is 2.77. The Morgan fingerprint density at radius 3 is 2.68 bits per heavy atom. The fourth-order valence-corrected chi connectivity index (χ4v) is 3.15. The van der Waals surface area contributed by atoms with Gasteiger partial charge in [0.1, 0.15) is 0 Å². The molecule has 1 aromatic carbocycles. The summed E-state index contributed by atoms with van der Waals surface area (Å²) in [7, 11) is -2.00. The van der Waals surface area contributed by atoms with Crippen LogP contribution in [0.5, 0.6) is 0 Å². The van der Waals surface area contributed by atoms with Gasteiger partial charge in [0.25, 0.3) is 0 Å². The van der Waals surface area contributed by atoms with Gasteiger partial charge in [-0.05, 0) is 31.0 Å². The number of nitrogens with one attached hydrogen (secondary N) is 3. The first-order valence-electron chi connectivity index (χ1n) is 8.63. The first kappa shape index (κ1) is 21.4. The van der Waals surface area contributed by atoms with Crippen molar-refractivity contribution < 1.29 is 13.2 Å². The molecule has 0 radical (unpaired) electrons. The lowest BCUT2D eigenvalue weighted by Gasteiger charge is -2.11. The minimum atomic E-state index is -3.53. The number of methoxy groups -OCH3 is 1. The van der Waals surface area contributed by atoms with Gasteiger partial charge in [-0.25, -0.2) is 18.1 Å². The Hall–Kier alpha value is -1.64. The number of rotatable bonds is 11. The van der Waals surface area contributed by atoms with Gasteiger partial charge in [-0.1, -0.05) is 25.5 Å². The number of nitrogens with zero attached hydrogens (tertiary/aromatic N) is 1. The normalized spacial score (nSPS) is 12.2. The van der Waals surface area contributed by atoms with Crippen molar-refractivity contribution in [3.05, 3.63) is 29.8 Å². The van der Waals surface area contributed by atoms with E-state index in [4.69, 9.17) is 4.74 Å². The first-order chi connectivity index (χ1) is 12.0. The van der Waals surface area contributed by atoms with Gasteiger partial charge in [0.15, 0.2) is 5.96 Å². The number of ether oxygens (including phenoxy) is 1. The summed E-state index contributed by atoms with van der Waals surface area (Å²) in [5.74, 6) is 0.738. The third-order valence-electron chi connectivity index (χ3n) is 3.39. The van der Waals surface area contributed by atoms with Crippen LogP contribution in [0.3, 0.4) is 0 Å². The Labute approximate surface area is 151 Å². The molecule has 0 bridgehead atoms. The molecule has 0 aromatic heterocycles. The lowest BCUT2D eigenvalue weighted by molar-refractivity contribution is 0.204. The van der Waals surface area contributed by atoms with Crippen LogP contribution in [0.25, 0.3) is 0 Å². The maximum atomic E-state index is 12.2. The number of hydrogen-bond acceptors (Lipinski definition) is 4. The highest BCUT2D eigenvalue weighted by Crippen LogP contribution is 2.12. The van der Waals surface area contributed by atoms with Crippen LogP contribution in [-0.4, -0.2) is 47.7 Å². The molecule has 8 heteroatoms. The molecule has 7 nitrogen and oxygen atoms in total. The molecular formula is C17H30N4O3S. The SMILES string of the molecule is CCCCNC(=NCc1cccc(S(=O)(=O)NCCOC)c1)NCC. The first-order valence-corrected chi connectivity index (χ1v) is 10.1. The van der Waals surface area contributed by atoms with E-state index >= 15 is 0 Å². The smallest absolute Gasteiger partial charge is 0.240 e. The fraction of sp³-hybridized carbons (Fsp3) is 0.588. The summed E-state index contributed by atoms with van der Waals surface area (Å²) in [6.45, 7) is 6.76. The van der Waals surface area contributed by atoms with E-state index in [1.54, 1.807) is 18.2 Å². The molecule has 0 aliphatic rings. The third kappa shape index (κ3) is 8.33. The molecule has 1 aromatic rings. The van der Waals surface area contributed by atoms with Crippen molar-refractivity contribution in [2.75, 3.05) is 33.4 Å².